The van der Waals surface area contributed by atoms with E-state index in [2.05, 4.69) is 0 Å². The number of amides is 2. The van der Waals surface area contributed by atoms with Crippen molar-refractivity contribution < 1.29 is 22.8 Å². The van der Waals surface area contributed by atoms with Gasteiger partial charge < -0.3 is 10.2 Å². The number of nitrogens with one attached hydrogen (secondary N) is 1. The molecule has 0 aromatic heterocycles. The Morgan fingerprint density at radius 1 is 1.58 bits per heavy atom. The summed E-state index contributed by atoms with van der Waals surface area (Å²) in [6.45, 7) is 0.714. The van der Waals surface area contributed by atoms with E-state index in [1.807, 2.05) is 0 Å². The minimum atomic E-state index is -4.53. The van der Waals surface area contributed by atoms with E-state index < -0.39 is 29.1 Å². The van der Waals surface area contributed by atoms with Crippen molar-refractivity contribution in [2.75, 3.05) is 24.7 Å². The van der Waals surface area contributed by atoms with Crippen molar-refractivity contribution in [2.45, 2.75) is 13.1 Å². The fourth-order valence-corrected chi connectivity index (χ4v) is 3.47. The van der Waals surface area contributed by atoms with Gasteiger partial charge in [0.25, 0.3) is 5.91 Å². The summed E-state index contributed by atoms with van der Waals surface area (Å²) < 4.78 is 35.9. The Balaban J connectivity index is 2.81. The van der Waals surface area contributed by atoms with Gasteiger partial charge in [0.2, 0.25) is 5.91 Å². The maximum Gasteiger partial charge on any atom is 0.405 e. The third-order valence-electron chi connectivity index (χ3n) is 2.39. The molecule has 1 atom stereocenters. The first-order valence-electron chi connectivity index (χ1n) is 5.35. The summed E-state index contributed by atoms with van der Waals surface area (Å²) in [6.07, 6.45) is -4.53. The molecule has 1 saturated heterocycles. The smallest absolute Gasteiger partial charge is 0.342 e. The number of rotatable bonds is 3. The molecule has 5 nitrogen and oxygen atoms in total. The Morgan fingerprint density at radius 3 is 2.63 bits per heavy atom. The first-order valence-corrected chi connectivity index (χ1v) is 6.92. The summed E-state index contributed by atoms with van der Waals surface area (Å²) >= 11 is 0. The molecule has 0 radical (unpaired) electrons. The molecule has 106 valence electrons. The van der Waals surface area contributed by atoms with Crippen LogP contribution in [0.4, 0.5) is 13.2 Å². The predicted octanol–water partition coefficient (Wildman–Crippen LogP) is 0.449. The van der Waals surface area contributed by atoms with Crippen molar-refractivity contribution in [1.29, 1.82) is 5.26 Å². The average molecular weight is 295 g/mol. The zero-order chi connectivity index (χ0) is 14.6. The Kier molecular flexibility index (Phi) is 4.94. The number of carbonyl (C=O) groups is 2. The van der Waals surface area contributed by atoms with Gasteiger partial charge in [0.05, 0.1) is 11.6 Å². The van der Waals surface area contributed by atoms with Crippen LogP contribution in [0, 0.1) is 11.3 Å². The van der Waals surface area contributed by atoms with Crippen molar-refractivity contribution >= 4 is 27.2 Å². The number of nitriles is 1. The van der Waals surface area contributed by atoms with E-state index in [4.69, 9.17) is 5.26 Å². The zero-order valence-corrected chi connectivity index (χ0v) is 10.9. The monoisotopic (exact) mass is 295 g/mol. The second-order valence-electron chi connectivity index (χ2n) is 3.75. The molecule has 1 N–H and O–H groups in total. The molecule has 1 unspecified atom stereocenters. The highest BCUT2D eigenvalue weighted by atomic mass is 32.2. The van der Waals surface area contributed by atoms with Gasteiger partial charge in [0.15, 0.2) is 0 Å². The normalized spacial score (nSPS) is 20.2. The quantitative estimate of drug-likeness (QED) is 0.768. The highest BCUT2D eigenvalue weighted by Gasteiger charge is 2.31. The molecule has 0 aromatic carbocycles. The summed E-state index contributed by atoms with van der Waals surface area (Å²) in [5.74, 6) is -1.01. The van der Waals surface area contributed by atoms with Crippen LogP contribution in [-0.2, 0) is 9.59 Å². The van der Waals surface area contributed by atoms with E-state index in [0.717, 1.165) is 0 Å². The van der Waals surface area contributed by atoms with E-state index in [-0.39, 0.29) is 22.4 Å². The zero-order valence-electron chi connectivity index (χ0n) is 10.1. The van der Waals surface area contributed by atoms with Crippen LogP contribution in [0.25, 0.3) is 0 Å². The fourth-order valence-electron chi connectivity index (χ4n) is 1.46. The van der Waals surface area contributed by atoms with Crippen molar-refractivity contribution in [1.82, 2.24) is 10.2 Å². The standard InChI is InChI=1S/C10H12F3N3O2S/c1-2-16-6-19(4-8(16)17)7(3-14)9(18)15-5-10(11,12)13/h2,4-6H2,1H3,(H,15,18). The minimum Gasteiger partial charge on any atom is -0.342 e. The second kappa shape index (κ2) is 6.06. The van der Waals surface area contributed by atoms with Crippen LogP contribution < -0.4 is 5.32 Å². The second-order valence-corrected chi connectivity index (χ2v) is 5.70. The van der Waals surface area contributed by atoms with Crippen LogP contribution in [0.1, 0.15) is 6.92 Å². The molecule has 1 aliphatic heterocycles. The first kappa shape index (κ1) is 15.5. The summed E-state index contributed by atoms with van der Waals surface area (Å²) in [7, 11) is -0.931. The summed E-state index contributed by atoms with van der Waals surface area (Å²) in [6, 6.07) is 1.62. The molecule has 0 bridgehead atoms. The van der Waals surface area contributed by atoms with E-state index in [0.29, 0.717) is 6.54 Å². The molecule has 1 aliphatic rings. The van der Waals surface area contributed by atoms with E-state index in [1.54, 1.807) is 18.3 Å². The lowest BCUT2D eigenvalue weighted by molar-refractivity contribution is -0.134. The lowest BCUT2D eigenvalue weighted by atomic mass is 10.4. The van der Waals surface area contributed by atoms with Crippen LogP contribution in [0.3, 0.4) is 0 Å². The van der Waals surface area contributed by atoms with Crippen molar-refractivity contribution in [3.63, 3.8) is 0 Å². The lowest BCUT2D eigenvalue weighted by Crippen LogP contribution is -2.37. The molecule has 0 spiro atoms. The number of carbonyl (C=O) groups excluding carboxylic acids is 2. The fraction of sp³-hybridized carbons (Fsp3) is 0.600. The van der Waals surface area contributed by atoms with E-state index in [1.165, 1.54) is 4.90 Å². The Labute approximate surface area is 110 Å². The summed E-state index contributed by atoms with van der Waals surface area (Å²) in [5, 5.41) is 10.5. The van der Waals surface area contributed by atoms with Crippen LogP contribution in [0.2, 0.25) is 0 Å². The molecule has 0 saturated carbocycles. The molecular formula is C10H12F3N3O2S. The number of halogens is 3. The van der Waals surface area contributed by atoms with Gasteiger partial charge in [-0.1, -0.05) is 0 Å². The molecule has 1 rings (SSSR count). The maximum absolute atomic E-state index is 12.0. The number of nitrogens with zero attached hydrogens (tertiary/aromatic N) is 2. The van der Waals surface area contributed by atoms with Crippen LogP contribution in [0.5, 0.6) is 0 Å². The highest BCUT2D eigenvalue weighted by Crippen LogP contribution is 2.25. The largest absolute Gasteiger partial charge is 0.405 e. The van der Waals surface area contributed by atoms with Gasteiger partial charge in [-0.2, -0.15) is 18.4 Å². The lowest BCUT2D eigenvalue weighted by Gasteiger charge is -2.11. The SMILES string of the molecule is CCN1C/S(=C(\C#N)C(=O)NCC(F)(F)F)CC1=O. The van der Waals surface area contributed by atoms with Gasteiger partial charge in [-0.25, -0.2) is 0 Å². The highest BCUT2D eigenvalue weighted by molar-refractivity contribution is 8.18. The molecular weight excluding hydrogens is 283 g/mol. The predicted molar refractivity (Wildman–Crippen MR) is 64.4 cm³/mol. The van der Waals surface area contributed by atoms with Crippen molar-refractivity contribution in [3.8, 4) is 6.07 Å². The van der Waals surface area contributed by atoms with Gasteiger partial charge in [-0.3, -0.25) is 9.59 Å². The molecule has 2 amide bonds. The third kappa shape index (κ3) is 4.24. The first-order chi connectivity index (χ1) is 8.78. The number of hydrogen-bond donors (Lipinski definition) is 1. The molecule has 9 heteroatoms. The van der Waals surface area contributed by atoms with Gasteiger partial charge >= 0.3 is 6.18 Å². The van der Waals surface area contributed by atoms with E-state index >= 15 is 0 Å². The molecule has 1 heterocycles. The van der Waals surface area contributed by atoms with Crippen molar-refractivity contribution in [2.24, 2.45) is 0 Å². The van der Waals surface area contributed by atoms with Crippen LogP contribution >= 0.6 is 10.5 Å². The molecule has 19 heavy (non-hydrogen) atoms. The third-order valence-corrected chi connectivity index (χ3v) is 4.46. The average Bonchev–Trinajstić information content (AvgIpc) is 2.68. The molecule has 0 aliphatic carbocycles. The minimum absolute atomic E-state index is 0.0101. The molecule has 1 fully saturated rings. The van der Waals surface area contributed by atoms with Crippen LogP contribution in [-0.4, -0.2) is 52.5 Å². The number of hydrogen-bond acceptors (Lipinski definition) is 3. The topological polar surface area (TPSA) is 73.2 Å². The molecule has 0 aromatic rings. The Hall–Kier alpha value is -1.56. The Bertz CT molecular complexity index is 468. The number of alkyl halides is 3. The maximum atomic E-state index is 12.0. The summed E-state index contributed by atoms with van der Waals surface area (Å²) in [4.78, 5) is 24.2. The Morgan fingerprint density at radius 2 is 2.21 bits per heavy atom. The van der Waals surface area contributed by atoms with Gasteiger partial charge in [0.1, 0.15) is 17.5 Å². The van der Waals surface area contributed by atoms with Crippen LogP contribution in [0.15, 0.2) is 0 Å². The van der Waals surface area contributed by atoms with Gasteiger partial charge in [0, 0.05) is 6.54 Å². The van der Waals surface area contributed by atoms with Gasteiger partial charge in [-0.05, 0) is 6.92 Å². The van der Waals surface area contributed by atoms with E-state index in [9.17, 15) is 22.8 Å². The van der Waals surface area contributed by atoms with Crippen molar-refractivity contribution in [3.05, 3.63) is 0 Å². The summed E-state index contributed by atoms with van der Waals surface area (Å²) in [5.41, 5.74) is 0. The van der Waals surface area contributed by atoms with Gasteiger partial charge in [-0.15, -0.1) is 10.5 Å².